The minimum Gasteiger partial charge on any atom is -0.510 e. The topological polar surface area (TPSA) is 12.5 Å². The van der Waals surface area contributed by atoms with Crippen molar-refractivity contribution >= 4 is 8.64 Å². The number of hydrogen-bond donors (Lipinski definition) is 0. The van der Waals surface area contributed by atoms with Gasteiger partial charge in [0.05, 0.1) is 0 Å². The number of fused-ring (bicyclic) bond motifs is 1. The van der Waals surface area contributed by atoms with Gasteiger partial charge in [0.15, 0.2) is 0 Å². The van der Waals surface area contributed by atoms with Crippen LogP contribution in [0.25, 0.3) is 0 Å². The molecule has 2 heterocycles. The molecule has 0 spiro atoms. The first-order valence-corrected chi connectivity index (χ1v) is 3.72. The fourth-order valence-corrected chi connectivity index (χ4v) is 1.82. The molecule has 0 aromatic carbocycles. The van der Waals surface area contributed by atoms with Gasteiger partial charge in [-0.25, -0.2) is 0 Å². The number of hydrogen-bond acceptors (Lipinski definition) is 1. The lowest BCUT2D eigenvalue weighted by Crippen LogP contribution is -1.68. The fraction of sp³-hybridized carbons (Fsp3) is 0. The van der Waals surface area contributed by atoms with Gasteiger partial charge in [0.2, 0.25) is 0 Å². The summed E-state index contributed by atoms with van der Waals surface area (Å²) in [6.07, 6.45) is 0. The largest absolute Gasteiger partial charge is 0.510 e. The first-order valence-electron chi connectivity index (χ1n) is 2.24. The third-order valence-corrected chi connectivity index (χ3v) is 2.53. The smallest absolute Gasteiger partial charge is 0.311 e. The predicted molar refractivity (Wildman–Crippen MR) is 28.4 cm³/mol. The van der Waals surface area contributed by atoms with E-state index in [2.05, 4.69) is 5.68 Å². The van der Waals surface area contributed by atoms with Gasteiger partial charge in [-0.3, -0.25) is 0 Å². The maximum absolute atomic E-state index is 5.12. The Balaban J connectivity index is 2.73. The molecule has 0 saturated carbocycles. The second-order valence-electron chi connectivity index (χ2n) is 1.55. The predicted octanol–water partition coefficient (Wildman–Crippen LogP) is 0.868. The van der Waals surface area contributed by atoms with Gasteiger partial charge < -0.3 is 4.43 Å². The van der Waals surface area contributed by atoms with Crippen LogP contribution in [-0.2, 0) is 0 Å². The molecule has 2 rings (SSSR count). The lowest BCUT2D eigenvalue weighted by atomic mass is 10.6. The van der Waals surface area contributed by atoms with Crippen molar-refractivity contribution in [1.82, 2.24) is 0 Å². The Kier molecular flexibility index (Phi) is 0.460. The van der Waals surface area contributed by atoms with Gasteiger partial charge in [0.1, 0.15) is 5.36 Å². The molecule has 1 aromatic heterocycles. The minimum atomic E-state index is -0.477. The summed E-state index contributed by atoms with van der Waals surface area (Å²) in [6.45, 7) is 0. The van der Waals surface area contributed by atoms with Crippen LogP contribution in [0.1, 0.15) is 0 Å². The molecule has 0 fully saturated rings. The van der Waals surface area contributed by atoms with Gasteiger partial charge in [-0.15, -0.1) is 0 Å². The van der Waals surface area contributed by atoms with E-state index in [1.807, 2.05) is 18.2 Å². The van der Waals surface area contributed by atoms with Crippen molar-refractivity contribution in [1.29, 1.82) is 0 Å². The number of rotatable bonds is 0. The van der Waals surface area contributed by atoms with Crippen LogP contribution in [0.5, 0.6) is 5.36 Å². The summed E-state index contributed by atoms with van der Waals surface area (Å²) in [7, 11) is -0.477. The molecule has 0 radical (unpaired) electrons. The fourth-order valence-electron chi connectivity index (χ4n) is 0.611. The molecule has 2 heteroatoms. The van der Waals surface area contributed by atoms with Crippen molar-refractivity contribution in [3.05, 3.63) is 23.9 Å². The van der Waals surface area contributed by atoms with Crippen molar-refractivity contribution in [2.75, 3.05) is 0 Å². The Morgan fingerprint density at radius 1 is 1.43 bits per heavy atom. The van der Waals surface area contributed by atoms with E-state index in [1.165, 1.54) is 5.36 Å². The highest BCUT2D eigenvalue weighted by Crippen LogP contribution is 2.20. The van der Waals surface area contributed by atoms with Gasteiger partial charge in [-0.1, -0.05) is 12.1 Å². The Hall–Kier alpha value is -0.633. The molecule has 0 amide bonds. The second kappa shape index (κ2) is 0.952. The van der Waals surface area contributed by atoms with Gasteiger partial charge in [0.25, 0.3) is 0 Å². The van der Waals surface area contributed by atoms with Crippen LogP contribution >= 0.6 is 0 Å². The quantitative estimate of drug-likeness (QED) is 0.360. The summed E-state index contributed by atoms with van der Waals surface area (Å²) in [5.74, 6) is 0. The van der Waals surface area contributed by atoms with Gasteiger partial charge in [-0.2, -0.15) is 0 Å². The van der Waals surface area contributed by atoms with Gasteiger partial charge in [-0.05, 0) is 11.7 Å². The first kappa shape index (κ1) is 3.38. The summed E-state index contributed by atoms with van der Waals surface area (Å²) in [5, 5.41) is 1.22. The molecule has 0 atom stereocenters. The third kappa shape index (κ3) is 0.398. The van der Waals surface area contributed by atoms with Crippen molar-refractivity contribution in [3.8, 4) is 5.36 Å². The third-order valence-electron chi connectivity index (χ3n) is 1.03. The van der Waals surface area contributed by atoms with Crippen LogP contribution < -0.4 is 4.43 Å². The molecule has 0 bridgehead atoms. The first-order chi connectivity index (χ1) is 3.47. The van der Waals surface area contributed by atoms with E-state index in [1.54, 1.807) is 0 Å². The van der Waals surface area contributed by atoms with Crippen LogP contribution in [0.15, 0.2) is 23.9 Å². The molecule has 34 valence electrons. The van der Waals surface area contributed by atoms with Crippen molar-refractivity contribution in [2.24, 2.45) is 0 Å². The highest BCUT2D eigenvalue weighted by molar-refractivity contribution is 6.59. The maximum Gasteiger partial charge on any atom is 0.311 e. The molecule has 0 N–H and O–H groups in total. The van der Waals surface area contributed by atoms with Gasteiger partial charge in [0, 0.05) is 0 Å². The Bertz CT molecular complexity index is 176. The average Bonchev–Trinajstić information content (AvgIpc) is 2.41. The van der Waals surface area contributed by atoms with E-state index < -0.39 is 8.64 Å². The van der Waals surface area contributed by atoms with Crippen molar-refractivity contribution < 1.29 is 4.43 Å². The van der Waals surface area contributed by atoms with Crippen molar-refractivity contribution in [2.45, 2.75) is 0 Å². The van der Waals surface area contributed by atoms with E-state index in [0.717, 1.165) is 0 Å². The Morgan fingerprint density at radius 2 is 2.43 bits per heavy atom. The highest BCUT2D eigenvalue weighted by Gasteiger charge is 2.17. The SMILES string of the molecule is c1cc[si]2c(c1)O2. The zero-order valence-electron chi connectivity index (χ0n) is 3.72. The van der Waals surface area contributed by atoms with Crippen LogP contribution in [0.4, 0.5) is 0 Å². The molecule has 1 aromatic rings. The monoisotopic (exact) mass is 108 g/mol. The summed E-state index contributed by atoms with van der Waals surface area (Å²) < 4.78 is 5.12. The zero-order valence-corrected chi connectivity index (χ0v) is 4.72. The van der Waals surface area contributed by atoms with E-state index in [4.69, 9.17) is 4.43 Å². The van der Waals surface area contributed by atoms with E-state index in [9.17, 15) is 0 Å². The Labute approximate surface area is 43.2 Å². The zero-order chi connectivity index (χ0) is 4.69. The second-order valence-corrected chi connectivity index (χ2v) is 3.31. The summed E-state index contributed by atoms with van der Waals surface area (Å²) >= 11 is 0. The standard InChI is InChI=1S/C5H4OSi/c1-2-4-7-5(3-1)6-7/h1-4H. The summed E-state index contributed by atoms with van der Waals surface area (Å²) in [5.41, 5.74) is 2.14. The van der Waals surface area contributed by atoms with E-state index in [-0.39, 0.29) is 0 Å². The summed E-state index contributed by atoms with van der Waals surface area (Å²) in [4.78, 5) is 0. The molecule has 7 heavy (non-hydrogen) atoms. The normalized spacial score (nSPS) is 12.0. The average molecular weight is 108 g/mol. The molecule has 1 nitrogen and oxygen atoms in total. The van der Waals surface area contributed by atoms with E-state index >= 15 is 0 Å². The van der Waals surface area contributed by atoms with E-state index in [0.29, 0.717) is 0 Å². The lowest BCUT2D eigenvalue weighted by Gasteiger charge is -1.61. The molecular formula is C5H4OSi. The van der Waals surface area contributed by atoms with Gasteiger partial charge >= 0.3 is 8.64 Å². The van der Waals surface area contributed by atoms with Crippen LogP contribution in [0.3, 0.4) is 0 Å². The molecular weight excluding hydrogens is 104 g/mol. The summed E-state index contributed by atoms with van der Waals surface area (Å²) in [6, 6.07) is 6.09. The Morgan fingerprint density at radius 3 is 3.00 bits per heavy atom. The molecule has 1 aliphatic rings. The molecule has 1 aliphatic heterocycles. The molecule has 0 aliphatic carbocycles. The minimum absolute atomic E-state index is 0.477. The maximum atomic E-state index is 5.12. The molecule has 0 unspecified atom stereocenters. The molecule has 0 saturated heterocycles. The van der Waals surface area contributed by atoms with Crippen LogP contribution in [0.2, 0.25) is 0 Å². The van der Waals surface area contributed by atoms with Crippen LogP contribution in [0, 0.1) is 0 Å². The van der Waals surface area contributed by atoms with Crippen molar-refractivity contribution in [3.63, 3.8) is 0 Å². The van der Waals surface area contributed by atoms with Crippen LogP contribution in [-0.4, -0.2) is 8.64 Å². The lowest BCUT2D eigenvalue weighted by molar-refractivity contribution is 0.720. The highest BCUT2D eigenvalue weighted by atomic mass is 28.3.